The molecular formula is C14H24N2S. The standard InChI is InChI=1S/C14H24N2S/c1-4-8-14(9-5-1)11-17-13(16-14)15-10-12-6-2-3-7-12/h12H,1-11H2,(H,15,16). The molecule has 3 aliphatic rings. The molecule has 0 amide bonds. The zero-order valence-electron chi connectivity index (χ0n) is 10.7. The monoisotopic (exact) mass is 252 g/mol. The number of thioether (sulfide) groups is 1. The predicted molar refractivity (Wildman–Crippen MR) is 75.7 cm³/mol. The molecule has 0 aromatic rings. The lowest BCUT2D eigenvalue weighted by Gasteiger charge is -2.32. The van der Waals surface area contributed by atoms with Gasteiger partial charge in [0.05, 0.1) is 0 Å². The summed E-state index contributed by atoms with van der Waals surface area (Å²) >= 11 is 1.97. The lowest BCUT2D eigenvalue weighted by molar-refractivity contribution is 0.303. The van der Waals surface area contributed by atoms with Crippen molar-refractivity contribution in [1.82, 2.24) is 5.32 Å². The second kappa shape index (κ2) is 5.21. The highest BCUT2D eigenvalue weighted by Gasteiger charge is 2.37. The number of hydrogen-bond acceptors (Lipinski definition) is 2. The first kappa shape index (κ1) is 11.9. The molecule has 1 spiro atoms. The number of rotatable bonds is 2. The molecule has 17 heavy (non-hydrogen) atoms. The molecule has 1 heterocycles. The summed E-state index contributed by atoms with van der Waals surface area (Å²) in [4.78, 5) is 4.82. The minimum atomic E-state index is 0.428. The Hall–Kier alpha value is -0.180. The van der Waals surface area contributed by atoms with E-state index in [-0.39, 0.29) is 0 Å². The van der Waals surface area contributed by atoms with Crippen LogP contribution in [0.1, 0.15) is 57.8 Å². The highest BCUT2D eigenvalue weighted by molar-refractivity contribution is 8.14. The van der Waals surface area contributed by atoms with Gasteiger partial charge in [0.1, 0.15) is 0 Å². The minimum Gasteiger partial charge on any atom is -0.359 e. The van der Waals surface area contributed by atoms with Crippen molar-refractivity contribution in [1.29, 1.82) is 0 Å². The van der Waals surface area contributed by atoms with Crippen molar-refractivity contribution in [2.45, 2.75) is 63.3 Å². The lowest BCUT2D eigenvalue weighted by Crippen LogP contribution is -2.45. The Morgan fingerprint density at radius 2 is 1.88 bits per heavy atom. The molecule has 0 radical (unpaired) electrons. The first-order valence-corrected chi connectivity index (χ1v) is 8.30. The van der Waals surface area contributed by atoms with E-state index in [0.717, 1.165) is 12.5 Å². The highest BCUT2D eigenvalue weighted by Crippen LogP contribution is 2.36. The van der Waals surface area contributed by atoms with E-state index in [9.17, 15) is 0 Å². The van der Waals surface area contributed by atoms with Gasteiger partial charge in [-0.25, -0.2) is 0 Å². The van der Waals surface area contributed by atoms with Crippen LogP contribution in [0.15, 0.2) is 4.99 Å². The van der Waals surface area contributed by atoms with Gasteiger partial charge in [0.15, 0.2) is 5.17 Å². The first-order valence-electron chi connectivity index (χ1n) is 7.32. The van der Waals surface area contributed by atoms with E-state index in [0.29, 0.717) is 5.54 Å². The summed E-state index contributed by atoms with van der Waals surface area (Å²) in [7, 11) is 0. The second-order valence-electron chi connectivity index (χ2n) is 6.05. The second-order valence-corrected chi connectivity index (χ2v) is 7.02. The third-order valence-electron chi connectivity index (χ3n) is 4.64. The van der Waals surface area contributed by atoms with Gasteiger partial charge in [0.2, 0.25) is 0 Å². The number of hydrogen-bond donors (Lipinski definition) is 1. The van der Waals surface area contributed by atoms with Gasteiger partial charge in [0.25, 0.3) is 0 Å². The average molecular weight is 252 g/mol. The van der Waals surface area contributed by atoms with Crippen LogP contribution in [0, 0.1) is 5.92 Å². The molecule has 2 saturated carbocycles. The number of nitrogens with zero attached hydrogens (tertiary/aromatic N) is 1. The molecule has 2 nitrogen and oxygen atoms in total. The lowest BCUT2D eigenvalue weighted by atomic mass is 9.83. The van der Waals surface area contributed by atoms with Crippen LogP contribution in [0.25, 0.3) is 0 Å². The van der Waals surface area contributed by atoms with E-state index < -0.39 is 0 Å². The van der Waals surface area contributed by atoms with Crippen LogP contribution in [-0.2, 0) is 0 Å². The van der Waals surface area contributed by atoms with Crippen molar-refractivity contribution in [2.75, 3.05) is 12.3 Å². The molecule has 0 unspecified atom stereocenters. The Morgan fingerprint density at radius 1 is 1.12 bits per heavy atom. The van der Waals surface area contributed by atoms with Gasteiger partial charge in [-0.2, -0.15) is 0 Å². The van der Waals surface area contributed by atoms with Crippen LogP contribution in [0.4, 0.5) is 0 Å². The molecule has 0 atom stereocenters. The normalized spacial score (nSPS) is 31.2. The molecular weight excluding hydrogens is 228 g/mol. The van der Waals surface area contributed by atoms with Crippen LogP contribution >= 0.6 is 11.8 Å². The summed E-state index contributed by atoms with van der Waals surface area (Å²) in [5.41, 5.74) is 0.428. The van der Waals surface area contributed by atoms with Gasteiger partial charge < -0.3 is 5.32 Å². The molecule has 3 fully saturated rings. The number of amidine groups is 1. The predicted octanol–water partition coefficient (Wildman–Crippen LogP) is 3.57. The van der Waals surface area contributed by atoms with Gasteiger partial charge >= 0.3 is 0 Å². The molecule has 1 saturated heterocycles. The van der Waals surface area contributed by atoms with Crippen LogP contribution in [0.5, 0.6) is 0 Å². The zero-order valence-corrected chi connectivity index (χ0v) is 11.5. The van der Waals surface area contributed by atoms with Crippen molar-refractivity contribution in [3.8, 4) is 0 Å². The fourth-order valence-electron chi connectivity index (χ4n) is 3.49. The molecule has 3 rings (SSSR count). The van der Waals surface area contributed by atoms with E-state index >= 15 is 0 Å². The molecule has 0 aromatic heterocycles. The molecule has 96 valence electrons. The third-order valence-corrected chi connectivity index (χ3v) is 5.84. The average Bonchev–Trinajstić information content (AvgIpc) is 2.98. The Bertz CT molecular complexity index is 289. The van der Waals surface area contributed by atoms with Crippen molar-refractivity contribution in [3.63, 3.8) is 0 Å². The summed E-state index contributed by atoms with van der Waals surface area (Å²) < 4.78 is 0. The van der Waals surface area contributed by atoms with Gasteiger partial charge in [-0.3, -0.25) is 4.99 Å². The summed E-state index contributed by atoms with van der Waals surface area (Å²) in [6.07, 6.45) is 12.7. The van der Waals surface area contributed by atoms with E-state index in [2.05, 4.69) is 5.32 Å². The maximum absolute atomic E-state index is 4.82. The largest absolute Gasteiger partial charge is 0.359 e. The van der Waals surface area contributed by atoms with E-state index in [4.69, 9.17) is 4.99 Å². The van der Waals surface area contributed by atoms with Crippen LogP contribution < -0.4 is 5.32 Å². The van der Waals surface area contributed by atoms with Crippen molar-refractivity contribution < 1.29 is 0 Å². The Balaban J connectivity index is 1.53. The third kappa shape index (κ3) is 2.81. The van der Waals surface area contributed by atoms with Gasteiger partial charge in [-0.05, 0) is 31.6 Å². The molecule has 1 N–H and O–H groups in total. The van der Waals surface area contributed by atoms with E-state index in [1.165, 1.54) is 68.7 Å². The summed E-state index contributed by atoms with van der Waals surface area (Å²) in [5, 5.41) is 4.99. The molecule has 3 heteroatoms. The first-order chi connectivity index (χ1) is 8.36. The number of nitrogens with one attached hydrogen (secondary N) is 1. The topological polar surface area (TPSA) is 24.4 Å². The SMILES string of the molecule is C1CCC2(CC1)CSC(=NCC1CCCC1)N2. The smallest absolute Gasteiger partial charge is 0.157 e. The van der Waals surface area contributed by atoms with Crippen LogP contribution in [0.2, 0.25) is 0 Å². The van der Waals surface area contributed by atoms with Crippen molar-refractivity contribution >= 4 is 16.9 Å². The fraction of sp³-hybridized carbons (Fsp3) is 0.929. The number of aliphatic imine (C=N–C) groups is 1. The zero-order chi connectivity index (χ0) is 11.6. The maximum atomic E-state index is 4.82. The van der Waals surface area contributed by atoms with Gasteiger partial charge in [-0.15, -0.1) is 0 Å². The van der Waals surface area contributed by atoms with Crippen LogP contribution in [-0.4, -0.2) is 23.0 Å². The van der Waals surface area contributed by atoms with E-state index in [1.807, 2.05) is 11.8 Å². The molecule has 2 aliphatic carbocycles. The quantitative estimate of drug-likeness (QED) is 0.812. The minimum absolute atomic E-state index is 0.428. The van der Waals surface area contributed by atoms with E-state index in [1.54, 1.807) is 0 Å². The molecule has 0 bridgehead atoms. The summed E-state index contributed by atoms with van der Waals surface area (Å²) in [6, 6.07) is 0. The van der Waals surface area contributed by atoms with Gasteiger partial charge in [-0.1, -0.05) is 43.9 Å². The Morgan fingerprint density at radius 3 is 2.65 bits per heavy atom. The Labute approximate surface area is 109 Å². The van der Waals surface area contributed by atoms with Crippen molar-refractivity contribution in [2.24, 2.45) is 10.9 Å². The summed E-state index contributed by atoms with van der Waals surface area (Å²) in [6.45, 7) is 1.07. The van der Waals surface area contributed by atoms with Gasteiger partial charge in [0, 0.05) is 17.8 Å². The molecule has 0 aromatic carbocycles. The van der Waals surface area contributed by atoms with Crippen LogP contribution in [0.3, 0.4) is 0 Å². The molecule has 1 aliphatic heterocycles. The highest BCUT2D eigenvalue weighted by atomic mass is 32.2. The maximum Gasteiger partial charge on any atom is 0.157 e. The van der Waals surface area contributed by atoms with Crippen molar-refractivity contribution in [3.05, 3.63) is 0 Å². The Kier molecular flexibility index (Phi) is 3.64. The summed E-state index contributed by atoms with van der Waals surface area (Å²) in [5.74, 6) is 2.14. The fourth-order valence-corrected chi connectivity index (χ4v) is 4.72.